The maximum Gasteiger partial charge on any atom is 0.407 e. The van der Waals surface area contributed by atoms with E-state index in [1.54, 1.807) is 27.7 Å². The van der Waals surface area contributed by atoms with Gasteiger partial charge in [0.15, 0.2) is 0 Å². The van der Waals surface area contributed by atoms with E-state index in [1.807, 2.05) is 36.4 Å². The molecule has 0 saturated carbocycles. The molecule has 0 aromatic heterocycles. The van der Waals surface area contributed by atoms with Crippen molar-refractivity contribution < 1.29 is 24.2 Å². The summed E-state index contributed by atoms with van der Waals surface area (Å²) in [5.74, 6) is -2.45. The third-order valence-corrected chi connectivity index (χ3v) is 6.08. The van der Waals surface area contributed by atoms with Crippen LogP contribution in [0.5, 0.6) is 0 Å². The number of amides is 2. The molecule has 0 spiro atoms. The van der Waals surface area contributed by atoms with Crippen LogP contribution in [0.25, 0.3) is 11.1 Å². The zero-order valence-electron chi connectivity index (χ0n) is 18.8. The molecule has 3 N–H and O–H groups in total. The average molecular weight is 439 g/mol. The summed E-state index contributed by atoms with van der Waals surface area (Å²) in [5.41, 5.74) is 4.54. The first-order valence-electron chi connectivity index (χ1n) is 10.8. The highest BCUT2D eigenvalue weighted by atomic mass is 16.5. The highest BCUT2D eigenvalue weighted by molar-refractivity contribution is 5.85. The molecule has 7 nitrogen and oxygen atoms in total. The third kappa shape index (κ3) is 4.93. The summed E-state index contributed by atoms with van der Waals surface area (Å²) in [6.07, 6.45) is -0.613. The molecule has 170 valence electrons. The summed E-state index contributed by atoms with van der Waals surface area (Å²) in [5, 5.41) is 14.5. The lowest BCUT2D eigenvalue weighted by atomic mass is 9.98. The topological polar surface area (TPSA) is 105 Å². The second-order valence-corrected chi connectivity index (χ2v) is 8.62. The molecule has 1 aliphatic rings. The summed E-state index contributed by atoms with van der Waals surface area (Å²) in [6, 6.07) is 14.6. The molecule has 2 aromatic carbocycles. The maximum atomic E-state index is 12.5. The van der Waals surface area contributed by atoms with Gasteiger partial charge in [-0.05, 0) is 35.1 Å². The number of ether oxygens (including phenoxy) is 1. The predicted molar refractivity (Wildman–Crippen MR) is 121 cm³/mol. The third-order valence-electron chi connectivity index (χ3n) is 6.08. The lowest BCUT2D eigenvalue weighted by Gasteiger charge is -2.24. The van der Waals surface area contributed by atoms with Gasteiger partial charge in [-0.1, -0.05) is 69.3 Å². The van der Waals surface area contributed by atoms with Crippen LogP contribution in [0.15, 0.2) is 48.5 Å². The van der Waals surface area contributed by atoms with Gasteiger partial charge in [-0.25, -0.2) is 9.59 Å². The number of carbonyl (C=O) groups excluding carboxylic acids is 2. The quantitative estimate of drug-likeness (QED) is 0.582. The Bertz CT molecular complexity index is 958. The summed E-state index contributed by atoms with van der Waals surface area (Å²) in [6.45, 7) is 6.96. The Morgan fingerprint density at radius 1 is 0.906 bits per heavy atom. The van der Waals surface area contributed by atoms with Gasteiger partial charge in [-0.3, -0.25) is 4.79 Å². The molecule has 0 heterocycles. The number of alkyl carbamates (subject to hydrolysis) is 1. The minimum Gasteiger partial charge on any atom is -0.480 e. The molecule has 3 rings (SSSR count). The van der Waals surface area contributed by atoms with E-state index in [1.165, 1.54) is 0 Å². The van der Waals surface area contributed by atoms with Gasteiger partial charge in [0, 0.05) is 12.0 Å². The van der Waals surface area contributed by atoms with E-state index in [4.69, 9.17) is 4.74 Å². The number of benzene rings is 2. The van der Waals surface area contributed by atoms with Crippen LogP contribution >= 0.6 is 0 Å². The number of fused-ring (bicyclic) bond motifs is 3. The second-order valence-electron chi connectivity index (χ2n) is 8.62. The average Bonchev–Trinajstić information content (AvgIpc) is 3.08. The predicted octanol–water partition coefficient (Wildman–Crippen LogP) is 3.78. The summed E-state index contributed by atoms with van der Waals surface area (Å²) in [4.78, 5) is 36.2. The molecular weight excluding hydrogens is 408 g/mol. The van der Waals surface area contributed by atoms with Crippen LogP contribution in [0, 0.1) is 11.8 Å². The van der Waals surface area contributed by atoms with Crippen molar-refractivity contribution in [3.8, 4) is 11.1 Å². The smallest absolute Gasteiger partial charge is 0.407 e. The first-order valence-corrected chi connectivity index (χ1v) is 10.8. The normalized spacial score (nSPS) is 15.3. The lowest BCUT2D eigenvalue weighted by Crippen LogP contribution is -2.50. The van der Waals surface area contributed by atoms with E-state index in [9.17, 15) is 19.5 Å². The van der Waals surface area contributed by atoms with Crippen LogP contribution in [-0.2, 0) is 14.3 Å². The molecule has 3 unspecified atom stereocenters. The highest BCUT2D eigenvalue weighted by Crippen LogP contribution is 2.44. The fourth-order valence-corrected chi connectivity index (χ4v) is 3.98. The van der Waals surface area contributed by atoms with E-state index < -0.39 is 36.0 Å². The van der Waals surface area contributed by atoms with Gasteiger partial charge in [0.2, 0.25) is 5.91 Å². The van der Waals surface area contributed by atoms with Crippen molar-refractivity contribution in [1.82, 2.24) is 10.6 Å². The first kappa shape index (κ1) is 23.3. The van der Waals surface area contributed by atoms with E-state index in [-0.39, 0.29) is 18.4 Å². The van der Waals surface area contributed by atoms with Crippen LogP contribution < -0.4 is 10.6 Å². The van der Waals surface area contributed by atoms with Gasteiger partial charge in [-0.15, -0.1) is 0 Å². The standard InChI is InChI=1S/C25H30N2O5/c1-14(2)22(24(29)30)27-23(28)15(3)16(4)26-25(31)32-13-21-19-11-7-5-9-17(19)18-10-6-8-12-20(18)21/h5-12,14-16,21-22H,13H2,1-4H3,(H,26,31)(H,27,28)(H,29,30). The van der Waals surface area contributed by atoms with E-state index in [0.717, 1.165) is 22.3 Å². The van der Waals surface area contributed by atoms with Gasteiger partial charge in [-0.2, -0.15) is 0 Å². The van der Waals surface area contributed by atoms with Crippen molar-refractivity contribution in [3.63, 3.8) is 0 Å². The van der Waals surface area contributed by atoms with E-state index in [0.29, 0.717) is 0 Å². The Hall–Kier alpha value is -3.35. The molecule has 2 amide bonds. The number of rotatable bonds is 8. The van der Waals surface area contributed by atoms with Gasteiger partial charge >= 0.3 is 12.1 Å². The Morgan fingerprint density at radius 2 is 1.44 bits per heavy atom. The minimum atomic E-state index is -1.09. The number of carboxylic acid groups (broad SMARTS) is 1. The van der Waals surface area contributed by atoms with Crippen LogP contribution in [0.3, 0.4) is 0 Å². The molecule has 3 atom stereocenters. The van der Waals surface area contributed by atoms with E-state index in [2.05, 4.69) is 22.8 Å². The largest absolute Gasteiger partial charge is 0.480 e. The molecule has 0 saturated heterocycles. The Kier molecular flexibility index (Phi) is 7.18. The second kappa shape index (κ2) is 9.85. The number of hydrogen-bond acceptors (Lipinski definition) is 4. The monoisotopic (exact) mass is 438 g/mol. The SMILES string of the molecule is CC(C)C(NC(=O)C(C)C(C)NC(=O)OCC1c2ccccc2-c2ccccc21)C(=O)O. The highest BCUT2D eigenvalue weighted by Gasteiger charge is 2.31. The van der Waals surface area contributed by atoms with Crippen molar-refractivity contribution in [1.29, 1.82) is 0 Å². The number of nitrogens with one attached hydrogen (secondary N) is 2. The summed E-state index contributed by atoms with van der Waals surface area (Å²) < 4.78 is 5.52. The zero-order valence-corrected chi connectivity index (χ0v) is 18.8. The fourth-order valence-electron chi connectivity index (χ4n) is 3.98. The molecule has 0 radical (unpaired) electrons. The molecule has 7 heteroatoms. The number of carboxylic acids is 1. The molecule has 1 aliphatic carbocycles. The minimum absolute atomic E-state index is 0.0495. The van der Waals surface area contributed by atoms with Gasteiger partial charge in [0.25, 0.3) is 0 Å². The van der Waals surface area contributed by atoms with Crippen LogP contribution in [0.2, 0.25) is 0 Å². The van der Waals surface area contributed by atoms with Crippen molar-refractivity contribution in [2.45, 2.75) is 45.7 Å². The van der Waals surface area contributed by atoms with E-state index >= 15 is 0 Å². The van der Waals surface area contributed by atoms with Crippen molar-refractivity contribution in [2.75, 3.05) is 6.61 Å². The summed E-state index contributed by atoms with van der Waals surface area (Å²) >= 11 is 0. The Morgan fingerprint density at radius 3 is 1.94 bits per heavy atom. The van der Waals surface area contributed by atoms with Crippen molar-refractivity contribution in [3.05, 3.63) is 59.7 Å². The maximum absolute atomic E-state index is 12.5. The molecule has 0 aliphatic heterocycles. The number of aliphatic carboxylic acids is 1. The van der Waals surface area contributed by atoms with Crippen molar-refractivity contribution in [2.24, 2.45) is 11.8 Å². The molecule has 2 aromatic rings. The van der Waals surface area contributed by atoms with Gasteiger partial charge < -0.3 is 20.5 Å². The molecular formula is C25H30N2O5. The van der Waals surface area contributed by atoms with Crippen LogP contribution in [-0.4, -0.2) is 41.8 Å². The fraction of sp³-hybridized carbons (Fsp3) is 0.400. The summed E-state index contributed by atoms with van der Waals surface area (Å²) in [7, 11) is 0. The number of carbonyl (C=O) groups is 3. The zero-order chi connectivity index (χ0) is 23.4. The van der Waals surface area contributed by atoms with Crippen LogP contribution in [0.4, 0.5) is 4.79 Å². The first-order chi connectivity index (χ1) is 15.2. The molecule has 0 bridgehead atoms. The van der Waals surface area contributed by atoms with Crippen LogP contribution in [0.1, 0.15) is 44.7 Å². The van der Waals surface area contributed by atoms with Crippen molar-refractivity contribution >= 4 is 18.0 Å². The van der Waals surface area contributed by atoms with Gasteiger partial charge in [0.05, 0.1) is 5.92 Å². The number of hydrogen-bond donors (Lipinski definition) is 3. The molecule has 0 fully saturated rings. The lowest BCUT2D eigenvalue weighted by molar-refractivity contribution is -0.143. The van der Waals surface area contributed by atoms with Gasteiger partial charge in [0.1, 0.15) is 12.6 Å². The Balaban J connectivity index is 1.58. The molecule has 32 heavy (non-hydrogen) atoms. The Labute approximate surface area is 188 Å².